The highest BCUT2D eigenvalue weighted by Gasteiger charge is 2.12. The Labute approximate surface area is 118 Å². The summed E-state index contributed by atoms with van der Waals surface area (Å²) in [6.07, 6.45) is 0. The maximum Gasteiger partial charge on any atom is 0.292 e. The first-order valence-corrected chi connectivity index (χ1v) is 5.96. The predicted molar refractivity (Wildman–Crippen MR) is 73.3 cm³/mol. The second-order valence-electron chi connectivity index (χ2n) is 3.99. The fourth-order valence-electron chi connectivity index (χ4n) is 1.64. The summed E-state index contributed by atoms with van der Waals surface area (Å²) in [7, 11) is 0. The molecule has 0 saturated carbocycles. The van der Waals surface area contributed by atoms with Gasteiger partial charge in [-0.1, -0.05) is 17.7 Å². The van der Waals surface area contributed by atoms with E-state index in [-0.39, 0.29) is 28.8 Å². The van der Waals surface area contributed by atoms with Gasteiger partial charge >= 0.3 is 0 Å². The van der Waals surface area contributed by atoms with Crippen molar-refractivity contribution >= 4 is 23.0 Å². The molecule has 0 aliphatic rings. The number of nitro groups is 1. The van der Waals surface area contributed by atoms with E-state index < -0.39 is 10.7 Å². The molecule has 2 N–H and O–H groups in total. The molecule has 7 heteroatoms. The second kappa shape index (κ2) is 5.75. The molecule has 0 unspecified atom stereocenters. The van der Waals surface area contributed by atoms with Crippen LogP contribution in [-0.2, 0) is 6.61 Å². The van der Waals surface area contributed by atoms with E-state index >= 15 is 0 Å². The Morgan fingerprint density at radius 1 is 1.35 bits per heavy atom. The Hall–Kier alpha value is -2.34. The van der Waals surface area contributed by atoms with Crippen molar-refractivity contribution in [3.05, 3.63) is 62.9 Å². The van der Waals surface area contributed by atoms with Crippen LogP contribution in [0.2, 0.25) is 5.02 Å². The van der Waals surface area contributed by atoms with Crippen LogP contribution >= 0.6 is 11.6 Å². The number of halogens is 2. The van der Waals surface area contributed by atoms with E-state index in [2.05, 4.69) is 0 Å². The molecule has 0 aromatic heterocycles. The third kappa shape index (κ3) is 2.97. The number of anilines is 1. The van der Waals surface area contributed by atoms with Crippen LogP contribution in [0.1, 0.15) is 5.56 Å². The number of hydrogen-bond acceptors (Lipinski definition) is 4. The molecule has 0 aliphatic carbocycles. The zero-order valence-electron chi connectivity index (χ0n) is 10.2. The molecule has 20 heavy (non-hydrogen) atoms. The summed E-state index contributed by atoms with van der Waals surface area (Å²) in [5.41, 5.74) is 5.97. The van der Waals surface area contributed by atoms with Crippen LogP contribution in [-0.4, -0.2) is 4.92 Å². The van der Waals surface area contributed by atoms with Gasteiger partial charge in [0.1, 0.15) is 12.3 Å². The molecule has 104 valence electrons. The van der Waals surface area contributed by atoms with Crippen molar-refractivity contribution in [2.24, 2.45) is 0 Å². The molecule has 0 atom stereocenters. The van der Waals surface area contributed by atoms with Gasteiger partial charge in [-0.05, 0) is 29.8 Å². The first-order valence-electron chi connectivity index (χ1n) is 5.58. The lowest BCUT2D eigenvalue weighted by Crippen LogP contribution is -2.01. The maximum atomic E-state index is 13.5. The molecule has 0 amide bonds. The van der Waals surface area contributed by atoms with Crippen molar-refractivity contribution in [3.8, 4) is 5.75 Å². The Morgan fingerprint density at radius 2 is 2.10 bits per heavy atom. The van der Waals surface area contributed by atoms with E-state index in [1.54, 1.807) is 0 Å². The Kier molecular flexibility index (Phi) is 4.05. The highest BCUT2D eigenvalue weighted by atomic mass is 35.5. The average molecular weight is 297 g/mol. The minimum absolute atomic E-state index is 0.00283. The highest BCUT2D eigenvalue weighted by Crippen LogP contribution is 2.29. The number of nitrogen functional groups attached to an aromatic ring is 1. The molecule has 2 aromatic rings. The summed E-state index contributed by atoms with van der Waals surface area (Å²) in [5.74, 6) is -0.640. The van der Waals surface area contributed by atoms with Gasteiger partial charge in [0.25, 0.3) is 5.69 Å². The fourth-order valence-corrected chi connectivity index (χ4v) is 1.85. The standard InChI is InChI=1S/C13H10ClFN2O3/c14-9-2-1-3-10(15)13(9)20-7-8-4-5-12(17(18)19)11(16)6-8/h1-6H,7,16H2. The minimum Gasteiger partial charge on any atom is -0.484 e. The van der Waals surface area contributed by atoms with Crippen molar-refractivity contribution in [3.63, 3.8) is 0 Å². The summed E-state index contributed by atoms with van der Waals surface area (Å²) in [6.45, 7) is 0.00283. The highest BCUT2D eigenvalue weighted by molar-refractivity contribution is 6.32. The van der Waals surface area contributed by atoms with Gasteiger partial charge in [-0.15, -0.1) is 0 Å². The van der Waals surface area contributed by atoms with Crippen LogP contribution in [0, 0.1) is 15.9 Å². The summed E-state index contributed by atoms with van der Waals surface area (Å²) < 4.78 is 18.8. The Bertz CT molecular complexity index is 644. The number of nitro benzene ring substituents is 1. The van der Waals surface area contributed by atoms with E-state index in [0.29, 0.717) is 5.56 Å². The van der Waals surface area contributed by atoms with Gasteiger partial charge in [0.05, 0.1) is 9.95 Å². The van der Waals surface area contributed by atoms with Gasteiger partial charge < -0.3 is 10.5 Å². The fraction of sp³-hybridized carbons (Fsp3) is 0.0769. The molecule has 0 radical (unpaired) electrons. The first kappa shape index (κ1) is 14.1. The molecule has 0 heterocycles. The Balaban J connectivity index is 2.16. The number of nitrogens with two attached hydrogens (primary N) is 1. The van der Waals surface area contributed by atoms with Crippen molar-refractivity contribution in [2.45, 2.75) is 6.61 Å². The van der Waals surface area contributed by atoms with Crippen LogP contribution in [0.5, 0.6) is 5.75 Å². The predicted octanol–water partition coefficient (Wildman–Crippen LogP) is 3.55. The van der Waals surface area contributed by atoms with E-state index in [1.165, 1.54) is 36.4 Å². The number of hydrogen-bond donors (Lipinski definition) is 1. The van der Waals surface area contributed by atoms with Crippen LogP contribution in [0.3, 0.4) is 0 Å². The molecular weight excluding hydrogens is 287 g/mol. The molecule has 2 rings (SSSR count). The zero-order chi connectivity index (χ0) is 14.7. The lowest BCUT2D eigenvalue weighted by Gasteiger charge is -2.09. The molecule has 0 fully saturated rings. The molecular formula is C13H10ClFN2O3. The average Bonchev–Trinajstić information content (AvgIpc) is 2.37. The number of rotatable bonds is 4. The summed E-state index contributed by atoms with van der Waals surface area (Å²) >= 11 is 5.81. The normalized spacial score (nSPS) is 10.3. The van der Waals surface area contributed by atoms with E-state index in [1.807, 2.05) is 0 Å². The topological polar surface area (TPSA) is 78.4 Å². The van der Waals surface area contributed by atoms with E-state index in [4.69, 9.17) is 22.1 Å². The van der Waals surface area contributed by atoms with Gasteiger partial charge in [-0.2, -0.15) is 0 Å². The van der Waals surface area contributed by atoms with Crippen LogP contribution < -0.4 is 10.5 Å². The molecule has 0 spiro atoms. The zero-order valence-corrected chi connectivity index (χ0v) is 10.9. The molecule has 5 nitrogen and oxygen atoms in total. The lowest BCUT2D eigenvalue weighted by molar-refractivity contribution is -0.383. The smallest absolute Gasteiger partial charge is 0.292 e. The number of benzene rings is 2. The second-order valence-corrected chi connectivity index (χ2v) is 4.40. The van der Waals surface area contributed by atoms with Crippen molar-refractivity contribution in [1.82, 2.24) is 0 Å². The van der Waals surface area contributed by atoms with Gasteiger partial charge in [0.2, 0.25) is 0 Å². The summed E-state index contributed by atoms with van der Waals surface area (Å²) in [4.78, 5) is 10.1. The van der Waals surface area contributed by atoms with Gasteiger partial charge in [0, 0.05) is 6.07 Å². The SMILES string of the molecule is Nc1cc(COc2c(F)cccc2Cl)ccc1[N+](=O)[O-]. The first-order chi connectivity index (χ1) is 9.49. The molecule has 0 bridgehead atoms. The minimum atomic E-state index is -0.576. The molecule has 0 saturated heterocycles. The van der Waals surface area contributed by atoms with Crippen LogP contribution in [0.4, 0.5) is 15.8 Å². The summed E-state index contributed by atoms with van der Waals surface area (Å²) in [6, 6.07) is 8.37. The summed E-state index contributed by atoms with van der Waals surface area (Å²) in [5, 5.41) is 10.8. The Morgan fingerprint density at radius 3 is 2.70 bits per heavy atom. The number of ether oxygens (including phenoxy) is 1. The van der Waals surface area contributed by atoms with Crippen LogP contribution in [0.25, 0.3) is 0 Å². The van der Waals surface area contributed by atoms with E-state index in [9.17, 15) is 14.5 Å². The van der Waals surface area contributed by atoms with Crippen molar-refractivity contribution < 1.29 is 14.1 Å². The van der Waals surface area contributed by atoms with E-state index in [0.717, 1.165) is 0 Å². The lowest BCUT2D eigenvalue weighted by atomic mass is 10.2. The van der Waals surface area contributed by atoms with Gasteiger partial charge in [0.15, 0.2) is 11.6 Å². The monoisotopic (exact) mass is 296 g/mol. The van der Waals surface area contributed by atoms with Gasteiger partial charge in [-0.3, -0.25) is 10.1 Å². The van der Waals surface area contributed by atoms with Crippen molar-refractivity contribution in [2.75, 3.05) is 5.73 Å². The largest absolute Gasteiger partial charge is 0.484 e. The molecule has 0 aliphatic heterocycles. The maximum absolute atomic E-state index is 13.5. The third-order valence-corrected chi connectivity index (χ3v) is 2.89. The van der Waals surface area contributed by atoms with Gasteiger partial charge in [-0.25, -0.2) is 4.39 Å². The number of para-hydroxylation sites is 1. The third-order valence-electron chi connectivity index (χ3n) is 2.59. The van der Waals surface area contributed by atoms with Crippen LogP contribution in [0.15, 0.2) is 36.4 Å². The molecule has 2 aromatic carbocycles. The quantitative estimate of drug-likeness (QED) is 0.531. The number of nitrogens with zero attached hydrogens (tertiary/aromatic N) is 1. The van der Waals surface area contributed by atoms with Crippen molar-refractivity contribution in [1.29, 1.82) is 0 Å².